The molecule has 1 aliphatic heterocycles. The molecule has 0 bridgehead atoms. The van der Waals surface area contributed by atoms with Crippen molar-refractivity contribution in [3.05, 3.63) is 65.7 Å². The second-order valence-corrected chi connectivity index (χ2v) is 8.92. The molecule has 1 atom stereocenters. The highest BCUT2D eigenvalue weighted by Crippen LogP contribution is 2.25. The Morgan fingerprint density at radius 2 is 1.71 bits per heavy atom. The van der Waals surface area contributed by atoms with Crippen LogP contribution in [0.2, 0.25) is 0 Å². The van der Waals surface area contributed by atoms with E-state index in [1.54, 1.807) is 13.2 Å². The van der Waals surface area contributed by atoms with E-state index in [1.165, 1.54) is 11.0 Å². The number of para-hydroxylation sites is 1. The average Bonchev–Trinajstić information content (AvgIpc) is 3.25. The summed E-state index contributed by atoms with van der Waals surface area (Å²) >= 11 is 0. The largest absolute Gasteiger partial charge is 0.497 e. The van der Waals surface area contributed by atoms with E-state index in [0.29, 0.717) is 5.69 Å². The number of anilines is 1. The van der Waals surface area contributed by atoms with E-state index in [4.69, 9.17) is 4.74 Å². The molecule has 164 valence electrons. The van der Waals surface area contributed by atoms with Gasteiger partial charge in [-0.15, -0.1) is 5.10 Å². The molecule has 1 N–H and O–H groups in total. The first-order valence-electron chi connectivity index (χ1n) is 10.7. The summed E-state index contributed by atoms with van der Waals surface area (Å²) in [6, 6.07) is 15.1. The molecule has 0 spiro atoms. The van der Waals surface area contributed by atoms with E-state index in [0.717, 1.165) is 43.3 Å². The SMILES string of the molecule is COc1ccc([C@H](c2nnnn2C(C)(C)C)[NH+]2CCN(c3ccccc3F)CC2)cc1. The maximum Gasteiger partial charge on any atom is 0.214 e. The molecular weight excluding hydrogens is 395 g/mol. The molecule has 0 aliphatic carbocycles. The summed E-state index contributed by atoms with van der Waals surface area (Å²) in [5, 5.41) is 12.7. The van der Waals surface area contributed by atoms with Crippen LogP contribution in [0, 0.1) is 5.82 Å². The minimum absolute atomic E-state index is 0.0251. The molecule has 0 radical (unpaired) electrons. The zero-order chi connectivity index (χ0) is 22.0. The molecule has 0 saturated carbocycles. The van der Waals surface area contributed by atoms with Crippen LogP contribution in [0.1, 0.15) is 38.2 Å². The van der Waals surface area contributed by atoms with E-state index in [2.05, 4.69) is 53.3 Å². The molecule has 0 amide bonds. The Labute approximate surface area is 182 Å². The van der Waals surface area contributed by atoms with Crippen LogP contribution in [0.4, 0.5) is 10.1 Å². The van der Waals surface area contributed by atoms with Gasteiger partial charge in [-0.3, -0.25) is 0 Å². The number of quaternary nitrogens is 1. The molecule has 1 aliphatic rings. The van der Waals surface area contributed by atoms with Crippen molar-refractivity contribution >= 4 is 5.69 Å². The first kappa shape index (κ1) is 21.2. The van der Waals surface area contributed by atoms with Gasteiger partial charge in [-0.2, -0.15) is 0 Å². The summed E-state index contributed by atoms with van der Waals surface area (Å²) in [4.78, 5) is 3.48. The predicted molar refractivity (Wildman–Crippen MR) is 117 cm³/mol. The van der Waals surface area contributed by atoms with E-state index >= 15 is 0 Å². The molecule has 4 rings (SSSR count). The van der Waals surface area contributed by atoms with Crippen molar-refractivity contribution in [2.24, 2.45) is 0 Å². The van der Waals surface area contributed by atoms with Crippen LogP contribution >= 0.6 is 0 Å². The average molecular weight is 426 g/mol. The van der Waals surface area contributed by atoms with Crippen LogP contribution < -0.4 is 14.5 Å². The summed E-state index contributed by atoms with van der Waals surface area (Å²) in [6.45, 7) is 9.53. The molecule has 2 heterocycles. The monoisotopic (exact) mass is 425 g/mol. The zero-order valence-electron chi connectivity index (χ0n) is 18.5. The lowest BCUT2D eigenvalue weighted by Crippen LogP contribution is -3.15. The number of hydrogen-bond donors (Lipinski definition) is 1. The van der Waals surface area contributed by atoms with Crippen molar-refractivity contribution in [2.75, 3.05) is 38.2 Å². The predicted octanol–water partition coefficient (Wildman–Crippen LogP) is 2.07. The molecule has 1 saturated heterocycles. The minimum Gasteiger partial charge on any atom is -0.497 e. The molecule has 7 nitrogen and oxygen atoms in total. The van der Waals surface area contributed by atoms with Crippen molar-refractivity contribution < 1.29 is 14.0 Å². The fraction of sp³-hybridized carbons (Fsp3) is 0.435. The Balaban J connectivity index is 1.64. The fourth-order valence-corrected chi connectivity index (χ4v) is 4.25. The Hall–Kier alpha value is -3.00. The first-order chi connectivity index (χ1) is 14.9. The van der Waals surface area contributed by atoms with Crippen LogP contribution in [0.15, 0.2) is 48.5 Å². The highest BCUT2D eigenvalue weighted by Gasteiger charge is 2.36. The van der Waals surface area contributed by atoms with Gasteiger partial charge >= 0.3 is 0 Å². The van der Waals surface area contributed by atoms with Crippen LogP contribution in [-0.4, -0.2) is 53.5 Å². The summed E-state index contributed by atoms with van der Waals surface area (Å²) < 4.78 is 21.5. The molecule has 0 unspecified atom stereocenters. The van der Waals surface area contributed by atoms with Crippen LogP contribution in [-0.2, 0) is 5.54 Å². The maximum absolute atomic E-state index is 14.3. The molecule has 2 aromatic carbocycles. The van der Waals surface area contributed by atoms with Crippen molar-refractivity contribution in [3.8, 4) is 5.75 Å². The Morgan fingerprint density at radius 3 is 2.32 bits per heavy atom. The lowest BCUT2D eigenvalue weighted by molar-refractivity contribution is -0.927. The molecular formula is C23H30FN6O+. The number of piperazine rings is 1. The van der Waals surface area contributed by atoms with Gasteiger partial charge in [0.2, 0.25) is 5.82 Å². The highest BCUT2D eigenvalue weighted by molar-refractivity contribution is 5.47. The topological polar surface area (TPSA) is 60.5 Å². The molecule has 1 fully saturated rings. The van der Waals surface area contributed by atoms with Gasteiger partial charge in [-0.05, 0) is 67.6 Å². The second kappa shape index (κ2) is 8.63. The zero-order valence-corrected chi connectivity index (χ0v) is 18.5. The number of methoxy groups -OCH3 is 1. The van der Waals surface area contributed by atoms with Gasteiger partial charge in [0, 0.05) is 5.56 Å². The van der Waals surface area contributed by atoms with Gasteiger partial charge in [0.15, 0.2) is 6.04 Å². The minimum atomic E-state index is -0.238. The number of hydrogen-bond acceptors (Lipinski definition) is 5. The third kappa shape index (κ3) is 4.39. The standard InChI is InChI=1S/C23H29FN6O/c1-23(2,3)30-22(25-26-27-30)21(17-9-11-18(31-4)12-10-17)29-15-13-28(14-16-29)20-8-6-5-7-19(20)24/h5-12,21H,13-16H2,1-4H3/p+1/t21-/m1/s1. The van der Waals surface area contributed by atoms with Crippen LogP contribution in [0.25, 0.3) is 0 Å². The van der Waals surface area contributed by atoms with E-state index in [1.807, 2.05) is 28.9 Å². The Morgan fingerprint density at radius 1 is 1.03 bits per heavy atom. The van der Waals surface area contributed by atoms with Gasteiger partial charge in [-0.25, -0.2) is 9.07 Å². The van der Waals surface area contributed by atoms with Gasteiger partial charge in [0.1, 0.15) is 11.6 Å². The van der Waals surface area contributed by atoms with Crippen molar-refractivity contribution in [2.45, 2.75) is 32.4 Å². The van der Waals surface area contributed by atoms with E-state index in [9.17, 15) is 4.39 Å². The van der Waals surface area contributed by atoms with Crippen molar-refractivity contribution in [3.63, 3.8) is 0 Å². The van der Waals surface area contributed by atoms with Crippen molar-refractivity contribution in [1.82, 2.24) is 20.2 Å². The summed E-state index contributed by atoms with van der Waals surface area (Å²) in [7, 11) is 1.67. The normalized spacial score (nSPS) is 16.4. The Kier molecular flexibility index (Phi) is 5.91. The second-order valence-electron chi connectivity index (χ2n) is 8.92. The van der Waals surface area contributed by atoms with E-state index in [-0.39, 0.29) is 17.4 Å². The number of ether oxygens (including phenoxy) is 1. The maximum atomic E-state index is 14.3. The quantitative estimate of drug-likeness (QED) is 0.678. The fourth-order valence-electron chi connectivity index (χ4n) is 4.25. The first-order valence-corrected chi connectivity index (χ1v) is 10.7. The lowest BCUT2D eigenvalue weighted by Gasteiger charge is -2.37. The Bertz CT molecular complexity index is 1010. The number of benzene rings is 2. The number of rotatable bonds is 5. The third-order valence-electron chi connectivity index (χ3n) is 5.84. The number of nitrogens with zero attached hydrogens (tertiary/aromatic N) is 5. The van der Waals surface area contributed by atoms with Gasteiger partial charge in [-0.1, -0.05) is 12.1 Å². The number of nitrogens with one attached hydrogen (secondary N) is 1. The summed E-state index contributed by atoms with van der Waals surface area (Å²) in [5.41, 5.74) is 1.57. The number of halogens is 1. The number of aromatic nitrogens is 4. The van der Waals surface area contributed by atoms with E-state index < -0.39 is 0 Å². The smallest absolute Gasteiger partial charge is 0.214 e. The summed E-state index contributed by atoms with van der Waals surface area (Å²) in [5.74, 6) is 1.48. The van der Waals surface area contributed by atoms with Gasteiger partial charge in [0.05, 0.1) is 44.5 Å². The highest BCUT2D eigenvalue weighted by atomic mass is 19.1. The van der Waals surface area contributed by atoms with Crippen molar-refractivity contribution in [1.29, 1.82) is 0 Å². The summed E-state index contributed by atoms with van der Waals surface area (Å²) in [6.07, 6.45) is 0. The number of tetrazole rings is 1. The van der Waals surface area contributed by atoms with Gasteiger partial charge < -0.3 is 14.5 Å². The molecule has 31 heavy (non-hydrogen) atoms. The van der Waals surface area contributed by atoms with Crippen LogP contribution in [0.3, 0.4) is 0 Å². The molecule has 8 heteroatoms. The molecule has 1 aromatic heterocycles. The molecule has 3 aromatic rings. The van der Waals surface area contributed by atoms with Gasteiger partial charge in [0.25, 0.3) is 0 Å². The lowest BCUT2D eigenvalue weighted by atomic mass is 10.0. The van der Waals surface area contributed by atoms with Crippen LogP contribution in [0.5, 0.6) is 5.75 Å². The third-order valence-corrected chi connectivity index (χ3v) is 5.84.